The van der Waals surface area contributed by atoms with E-state index in [0.717, 1.165) is 43.5 Å². The van der Waals surface area contributed by atoms with Gasteiger partial charge in [0.1, 0.15) is 0 Å². The van der Waals surface area contributed by atoms with Gasteiger partial charge in [-0.05, 0) is 37.6 Å². The van der Waals surface area contributed by atoms with E-state index < -0.39 is 0 Å². The third-order valence-electron chi connectivity index (χ3n) is 3.92. The molecule has 1 saturated heterocycles. The molecular weight excluding hydrogens is 300 g/mol. The first-order chi connectivity index (χ1) is 10.3. The Labute approximate surface area is 136 Å². The lowest BCUT2D eigenvalue weighted by atomic mass is 10.1. The van der Waals surface area contributed by atoms with Gasteiger partial charge in [0.25, 0.3) is 5.91 Å². The van der Waals surface area contributed by atoms with Gasteiger partial charge in [0.05, 0.1) is 11.0 Å². The maximum Gasteiger partial charge on any atom is 0.254 e. The molecular formula is C16H21ClN4O. The van der Waals surface area contributed by atoms with Crippen molar-refractivity contribution in [3.8, 4) is 0 Å². The van der Waals surface area contributed by atoms with Crippen molar-refractivity contribution >= 4 is 29.3 Å². The topological polar surface area (TPSA) is 58.1 Å². The Hall–Kier alpha value is -1.72. The van der Waals surface area contributed by atoms with Crippen LogP contribution in [0, 0.1) is 0 Å². The SMILES string of the molecule is CCCN(C(=O)c1ccc2nccnc2c1)C1CCNC1.Cl. The number of halogens is 1. The lowest BCUT2D eigenvalue weighted by molar-refractivity contribution is 0.0692. The monoisotopic (exact) mass is 320 g/mol. The zero-order chi connectivity index (χ0) is 14.7. The zero-order valence-electron chi connectivity index (χ0n) is 12.7. The summed E-state index contributed by atoms with van der Waals surface area (Å²) in [6.45, 7) is 4.78. The number of benzene rings is 1. The number of fused-ring (bicyclic) bond motifs is 1. The summed E-state index contributed by atoms with van der Waals surface area (Å²) in [6.07, 6.45) is 5.31. The van der Waals surface area contributed by atoms with Crippen molar-refractivity contribution in [2.45, 2.75) is 25.8 Å². The first-order valence-electron chi connectivity index (χ1n) is 7.52. The Bertz CT molecular complexity index is 643. The fourth-order valence-electron chi connectivity index (χ4n) is 2.86. The van der Waals surface area contributed by atoms with Crippen LogP contribution in [0.3, 0.4) is 0 Å². The van der Waals surface area contributed by atoms with Gasteiger partial charge in [-0.3, -0.25) is 14.8 Å². The first-order valence-corrected chi connectivity index (χ1v) is 7.52. The van der Waals surface area contributed by atoms with Crippen molar-refractivity contribution in [1.29, 1.82) is 0 Å². The third-order valence-corrected chi connectivity index (χ3v) is 3.92. The maximum atomic E-state index is 12.8. The Morgan fingerprint density at radius 1 is 1.32 bits per heavy atom. The van der Waals surface area contributed by atoms with Gasteiger partial charge in [0.2, 0.25) is 0 Å². The molecule has 6 heteroatoms. The van der Waals surface area contributed by atoms with Gasteiger partial charge in [-0.1, -0.05) is 6.92 Å². The number of rotatable bonds is 4. The van der Waals surface area contributed by atoms with E-state index in [1.807, 2.05) is 23.1 Å². The Kier molecular flexibility index (Phi) is 5.69. The highest BCUT2D eigenvalue weighted by Gasteiger charge is 2.26. The summed E-state index contributed by atoms with van der Waals surface area (Å²) in [5.41, 5.74) is 2.28. The van der Waals surface area contributed by atoms with E-state index in [1.165, 1.54) is 0 Å². The molecule has 0 spiro atoms. The molecule has 2 heterocycles. The van der Waals surface area contributed by atoms with Gasteiger partial charge < -0.3 is 10.2 Å². The lowest BCUT2D eigenvalue weighted by Gasteiger charge is -2.28. The molecule has 3 rings (SSSR count). The number of nitrogens with one attached hydrogen (secondary N) is 1. The minimum absolute atomic E-state index is 0. The minimum atomic E-state index is 0. The van der Waals surface area contributed by atoms with Crippen LogP contribution >= 0.6 is 12.4 Å². The molecule has 0 saturated carbocycles. The van der Waals surface area contributed by atoms with E-state index in [1.54, 1.807) is 12.4 Å². The number of carbonyl (C=O) groups is 1. The first kappa shape index (κ1) is 16.6. The van der Waals surface area contributed by atoms with Gasteiger partial charge in [-0.25, -0.2) is 0 Å². The molecule has 1 aliphatic rings. The fourth-order valence-corrected chi connectivity index (χ4v) is 2.86. The Morgan fingerprint density at radius 3 is 2.77 bits per heavy atom. The summed E-state index contributed by atoms with van der Waals surface area (Å²) in [4.78, 5) is 23.3. The number of aromatic nitrogens is 2. The molecule has 0 radical (unpaired) electrons. The van der Waals surface area contributed by atoms with Crippen LogP contribution in [-0.4, -0.2) is 46.5 Å². The molecule has 1 atom stereocenters. The maximum absolute atomic E-state index is 12.8. The van der Waals surface area contributed by atoms with Gasteiger partial charge in [-0.15, -0.1) is 12.4 Å². The second kappa shape index (κ2) is 7.51. The molecule has 5 nitrogen and oxygen atoms in total. The van der Waals surface area contributed by atoms with E-state index in [0.29, 0.717) is 11.6 Å². The van der Waals surface area contributed by atoms with Crippen LogP contribution in [0.2, 0.25) is 0 Å². The number of amides is 1. The minimum Gasteiger partial charge on any atom is -0.334 e. The predicted octanol–water partition coefficient (Wildman–Crippen LogP) is 2.27. The van der Waals surface area contributed by atoms with Gasteiger partial charge in [0, 0.05) is 37.1 Å². The number of nitrogens with zero attached hydrogens (tertiary/aromatic N) is 3. The molecule has 1 aromatic carbocycles. The molecule has 2 aromatic rings. The van der Waals surface area contributed by atoms with Crippen molar-refractivity contribution in [2.75, 3.05) is 19.6 Å². The average molecular weight is 321 g/mol. The number of hydrogen-bond acceptors (Lipinski definition) is 4. The quantitative estimate of drug-likeness (QED) is 0.939. The van der Waals surface area contributed by atoms with E-state index >= 15 is 0 Å². The van der Waals surface area contributed by atoms with Crippen molar-refractivity contribution in [3.63, 3.8) is 0 Å². The summed E-state index contributed by atoms with van der Waals surface area (Å²) >= 11 is 0. The highest BCUT2D eigenvalue weighted by Crippen LogP contribution is 2.17. The van der Waals surface area contributed by atoms with E-state index in [2.05, 4.69) is 22.2 Å². The van der Waals surface area contributed by atoms with Gasteiger partial charge in [0.15, 0.2) is 0 Å². The van der Waals surface area contributed by atoms with Crippen molar-refractivity contribution in [3.05, 3.63) is 36.2 Å². The predicted molar refractivity (Wildman–Crippen MR) is 89.4 cm³/mol. The molecule has 1 N–H and O–H groups in total. The highest BCUT2D eigenvalue weighted by atomic mass is 35.5. The van der Waals surface area contributed by atoms with Crippen molar-refractivity contribution in [1.82, 2.24) is 20.2 Å². The fraction of sp³-hybridized carbons (Fsp3) is 0.438. The molecule has 1 amide bonds. The van der Waals surface area contributed by atoms with E-state index in [4.69, 9.17) is 0 Å². The van der Waals surface area contributed by atoms with Crippen LogP contribution in [-0.2, 0) is 0 Å². The molecule has 1 unspecified atom stereocenters. The second-order valence-corrected chi connectivity index (χ2v) is 5.41. The van der Waals surface area contributed by atoms with Crippen LogP contribution < -0.4 is 5.32 Å². The molecule has 0 aliphatic carbocycles. The van der Waals surface area contributed by atoms with E-state index in [-0.39, 0.29) is 18.3 Å². The summed E-state index contributed by atoms with van der Waals surface area (Å²) in [5, 5.41) is 3.33. The normalized spacial score (nSPS) is 17.2. The van der Waals surface area contributed by atoms with Crippen molar-refractivity contribution in [2.24, 2.45) is 0 Å². The van der Waals surface area contributed by atoms with Crippen LogP contribution in [0.15, 0.2) is 30.6 Å². The molecule has 118 valence electrons. The average Bonchev–Trinajstić information content (AvgIpc) is 3.05. The highest BCUT2D eigenvalue weighted by molar-refractivity contribution is 5.97. The summed E-state index contributed by atoms with van der Waals surface area (Å²) in [5.74, 6) is 0.0955. The number of carbonyl (C=O) groups excluding carboxylic acids is 1. The summed E-state index contributed by atoms with van der Waals surface area (Å²) in [6, 6.07) is 5.86. The molecule has 22 heavy (non-hydrogen) atoms. The van der Waals surface area contributed by atoms with Gasteiger partial charge in [-0.2, -0.15) is 0 Å². The molecule has 1 fully saturated rings. The zero-order valence-corrected chi connectivity index (χ0v) is 13.5. The second-order valence-electron chi connectivity index (χ2n) is 5.41. The smallest absolute Gasteiger partial charge is 0.254 e. The van der Waals surface area contributed by atoms with Crippen LogP contribution in [0.25, 0.3) is 11.0 Å². The van der Waals surface area contributed by atoms with Crippen LogP contribution in [0.5, 0.6) is 0 Å². The van der Waals surface area contributed by atoms with Gasteiger partial charge >= 0.3 is 0 Å². The molecule has 1 aromatic heterocycles. The van der Waals surface area contributed by atoms with Crippen molar-refractivity contribution < 1.29 is 4.79 Å². The van der Waals surface area contributed by atoms with Crippen LogP contribution in [0.1, 0.15) is 30.1 Å². The van der Waals surface area contributed by atoms with Crippen LogP contribution in [0.4, 0.5) is 0 Å². The van der Waals surface area contributed by atoms with E-state index in [9.17, 15) is 4.79 Å². The Morgan fingerprint density at radius 2 is 2.09 bits per heavy atom. The third kappa shape index (κ3) is 3.36. The lowest BCUT2D eigenvalue weighted by Crippen LogP contribution is -2.42. The number of hydrogen-bond donors (Lipinski definition) is 1. The molecule has 1 aliphatic heterocycles. The summed E-state index contributed by atoms with van der Waals surface area (Å²) < 4.78 is 0. The summed E-state index contributed by atoms with van der Waals surface area (Å²) in [7, 11) is 0. The molecule has 0 bridgehead atoms. The standard InChI is InChI=1S/C16H20N4O.ClH/c1-2-9-20(13-5-6-17-11-13)16(21)12-3-4-14-15(10-12)19-8-7-18-14;/h3-4,7-8,10,13,17H,2,5-6,9,11H2,1H3;1H. The Balaban J connectivity index is 0.00000176. The largest absolute Gasteiger partial charge is 0.334 e.